The van der Waals surface area contributed by atoms with Gasteiger partial charge in [-0.15, -0.1) is 0 Å². The Labute approximate surface area is 97.7 Å². The molecule has 0 aliphatic heterocycles. The molecule has 2 rings (SSSR count). The Hall–Kier alpha value is -1.02. The first-order chi connectivity index (χ1) is 7.72. The van der Waals surface area contributed by atoms with Crippen LogP contribution in [0, 0.1) is 0 Å². The summed E-state index contributed by atoms with van der Waals surface area (Å²) in [5.41, 5.74) is 2.72. The zero-order chi connectivity index (χ0) is 11.5. The molecule has 1 aromatic rings. The van der Waals surface area contributed by atoms with Crippen molar-refractivity contribution in [1.82, 2.24) is 5.32 Å². The van der Waals surface area contributed by atoms with Gasteiger partial charge in [0.1, 0.15) is 5.75 Å². The number of hydrogen-bond donors (Lipinski definition) is 2. The minimum Gasteiger partial charge on any atom is -0.508 e. The van der Waals surface area contributed by atoms with E-state index in [1.54, 1.807) is 6.07 Å². The highest BCUT2D eigenvalue weighted by atomic mass is 16.3. The zero-order valence-electron chi connectivity index (χ0n) is 10.2. The van der Waals surface area contributed by atoms with Gasteiger partial charge in [0.2, 0.25) is 0 Å². The highest BCUT2D eigenvalue weighted by molar-refractivity contribution is 5.39. The van der Waals surface area contributed by atoms with E-state index in [0.717, 1.165) is 13.0 Å². The Bertz CT molecular complexity index is 362. The number of phenolic OH excluding ortho intramolecular Hbond substituents is 1. The second kappa shape index (κ2) is 4.88. The van der Waals surface area contributed by atoms with Gasteiger partial charge in [0.25, 0.3) is 0 Å². The van der Waals surface area contributed by atoms with E-state index in [-0.39, 0.29) is 0 Å². The molecule has 0 aromatic heterocycles. The van der Waals surface area contributed by atoms with Gasteiger partial charge in [-0.25, -0.2) is 0 Å². The topological polar surface area (TPSA) is 32.3 Å². The van der Waals surface area contributed by atoms with Crippen LogP contribution in [0.2, 0.25) is 0 Å². The number of benzene rings is 1. The van der Waals surface area contributed by atoms with Gasteiger partial charge in [0, 0.05) is 6.04 Å². The Morgan fingerprint density at radius 1 is 1.44 bits per heavy atom. The molecule has 0 amide bonds. The van der Waals surface area contributed by atoms with Crippen LogP contribution in [0.1, 0.15) is 43.7 Å². The molecule has 2 N–H and O–H groups in total. The van der Waals surface area contributed by atoms with Gasteiger partial charge in [-0.2, -0.15) is 0 Å². The number of rotatable bonds is 3. The van der Waals surface area contributed by atoms with Gasteiger partial charge in [0.15, 0.2) is 0 Å². The largest absolute Gasteiger partial charge is 0.508 e. The van der Waals surface area contributed by atoms with Crippen LogP contribution in [0.5, 0.6) is 5.75 Å². The Balaban J connectivity index is 2.17. The van der Waals surface area contributed by atoms with Gasteiger partial charge in [-0.3, -0.25) is 0 Å². The fourth-order valence-electron chi connectivity index (χ4n) is 2.62. The third kappa shape index (κ3) is 2.22. The summed E-state index contributed by atoms with van der Waals surface area (Å²) >= 11 is 0. The highest BCUT2D eigenvalue weighted by Crippen LogP contribution is 2.33. The van der Waals surface area contributed by atoms with Crippen LogP contribution in [-0.2, 0) is 6.42 Å². The number of phenols is 1. The SMILES string of the molecule is CCCNC1CCc2ccc(O)cc2C1C. The van der Waals surface area contributed by atoms with Crippen LogP contribution in [0.3, 0.4) is 0 Å². The number of fused-ring (bicyclic) bond motifs is 1. The number of nitrogens with one attached hydrogen (secondary N) is 1. The van der Waals surface area contributed by atoms with Crippen molar-refractivity contribution in [3.05, 3.63) is 29.3 Å². The predicted octanol–water partition coefficient (Wildman–Crippen LogP) is 2.81. The third-order valence-electron chi connectivity index (χ3n) is 3.60. The molecule has 1 aliphatic carbocycles. The van der Waals surface area contributed by atoms with Crippen molar-refractivity contribution in [3.63, 3.8) is 0 Å². The smallest absolute Gasteiger partial charge is 0.115 e. The molecule has 88 valence electrons. The van der Waals surface area contributed by atoms with Gasteiger partial charge < -0.3 is 10.4 Å². The molecule has 0 radical (unpaired) electrons. The van der Waals surface area contributed by atoms with Crippen molar-refractivity contribution >= 4 is 0 Å². The van der Waals surface area contributed by atoms with E-state index in [2.05, 4.69) is 25.2 Å². The normalized spacial score (nSPS) is 24.1. The van der Waals surface area contributed by atoms with Gasteiger partial charge in [-0.05, 0) is 55.0 Å². The van der Waals surface area contributed by atoms with E-state index in [4.69, 9.17) is 0 Å². The zero-order valence-corrected chi connectivity index (χ0v) is 10.2. The molecule has 0 saturated carbocycles. The van der Waals surface area contributed by atoms with E-state index in [1.165, 1.54) is 24.0 Å². The lowest BCUT2D eigenvalue weighted by Crippen LogP contribution is -2.37. The lowest BCUT2D eigenvalue weighted by molar-refractivity contribution is 0.401. The molecule has 2 unspecified atom stereocenters. The average molecular weight is 219 g/mol. The van der Waals surface area contributed by atoms with E-state index < -0.39 is 0 Å². The van der Waals surface area contributed by atoms with Crippen molar-refractivity contribution in [1.29, 1.82) is 0 Å². The minimum atomic E-state index is 0.391. The Kier molecular flexibility index (Phi) is 3.49. The van der Waals surface area contributed by atoms with Crippen molar-refractivity contribution in [2.45, 2.75) is 45.1 Å². The summed E-state index contributed by atoms with van der Waals surface area (Å²) in [5, 5.41) is 13.1. The summed E-state index contributed by atoms with van der Waals surface area (Å²) in [6.07, 6.45) is 3.51. The summed E-state index contributed by atoms with van der Waals surface area (Å²) in [7, 11) is 0. The molecule has 0 bridgehead atoms. The summed E-state index contributed by atoms with van der Waals surface area (Å²) < 4.78 is 0. The molecule has 16 heavy (non-hydrogen) atoms. The molecule has 0 saturated heterocycles. The first-order valence-corrected chi connectivity index (χ1v) is 6.27. The van der Waals surface area contributed by atoms with E-state index >= 15 is 0 Å². The standard InChI is InChI=1S/C14H21NO/c1-3-8-15-14-7-5-11-4-6-12(16)9-13(11)10(14)2/h4,6,9-10,14-16H,3,5,7-8H2,1-2H3. The number of aryl methyl sites for hydroxylation is 1. The third-order valence-corrected chi connectivity index (χ3v) is 3.60. The first-order valence-electron chi connectivity index (χ1n) is 6.27. The molecular weight excluding hydrogens is 198 g/mol. The van der Waals surface area contributed by atoms with Gasteiger partial charge >= 0.3 is 0 Å². The summed E-state index contributed by atoms with van der Waals surface area (Å²) in [4.78, 5) is 0. The maximum absolute atomic E-state index is 9.55. The molecule has 2 nitrogen and oxygen atoms in total. The van der Waals surface area contributed by atoms with Crippen molar-refractivity contribution < 1.29 is 5.11 Å². The van der Waals surface area contributed by atoms with Crippen molar-refractivity contribution in [2.75, 3.05) is 6.54 Å². The maximum atomic E-state index is 9.55. The quantitative estimate of drug-likeness (QED) is 0.819. The van der Waals surface area contributed by atoms with Crippen LogP contribution in [0.4, 0.5) is 0 Å². The second-order valence-electron chi connectivity index (χ2n) is 4.77. The highest BCUT2D eigenvalue weighted by Gasteiger charge is 2.25. The molecular formula is C14H21NO. The minimum absolute atomic E-state index is 0.391. The van der Waals surface area contributed by atoms with E-state index in [1.807, 2.05) is 6.07 Å². The molecule has 0 fully saturated rings. The molecule has 2 heteroatoms. The second-order valence-corrected chi connectivity index (χ2v) is 4.77. The molecule has 1 aromatic carbocycles. The molecule has 0 heterocycles. The lowest BCUT2D eigenvalue weighted by Gasteiger charge is -2.32. The van der Waals surface area contributed by atoms with Gasteiger partial charge in [-0.1, -0.05) is 19.9 Å². The van der Waals surface area contributed by atoms with E-state index in [9.17, 15) is 5.11 Å². The lowest BCUT2D eigenvalue weighted by atomic mass is 9.80. The Morgan fingerprint density at radius 2 is 2.25 bits per heavy atom. The fraction of sp³-hybridized carbons (Fsp3) is 0.571. The summed E-state index contributed by atoms with van der Waals surface area (Å²) in [5.74, 6) is 0.893. The molecule has 0 spiro atoms. The molecule has 2 atom stereocenters. The van der Waals surface area contributed by atoms with Crippen LogP contribution in [-0.4, -0.2) is 17.7 Å². The summed E-state index contributed by atoms with van der Waals surface area (Å²) in [6.45, 7) is 5.54. The van der Waals surface area contributed by atoms with Crippen molar-refractivity contribution in [3.8, 4) is 5.75 Å². The molecule has 1 aliphatic rings. The van der Waals surface area contributed by atoms with Crippen molar-refractivity contribution in [2.24, 2.45) is 0 Å². The number of aromatic hydroxyl groups is 1. The number of hydrogen-bond acceptors (Lipinski definition) is 2. The predicted molar refractivity (Wildman–Crippen MR) is 66.9 cm³/mol. The van der Waals surface area contributed by atoms with Crippen LogP contribution < -0.4 is 5.32 Å². The van der Waals surface area contributed by atoms with E-state index in [0.29, 0.717) is 17.7 Å². The summed E-state index contributed by atoms with van der Waals surface area (Å²) in [6, 6.07) is 6.36. The first kappa shape index (κ1) is 11.5. The van der Waals surface area contributed by atoms with Gasteiger partial charge in [0.05, 0.1) is 0 Å². The average Bonchev–Trinajstić information content (AvgIpc) is 2.29. The fourth-order valence-corrected chi connectivity index (χ4v) is 2.62. The van der Waals surface area contributed by atoms with Crippen LogP contribution >= 0.6 is 0 Å². The Morgan fingerprint density at radius 3 is 3.00 bits per heavy atom. The van der Waals surface area contributed by atoms with Crippen LogP contribution in [0.25, 0.3) is 0 Å². The monoisotopic (exact) mass is 219 g/mol. The maximum Gasteiger partial charge on any atom is 0.115 e. The van der Waals surface area contributed by atoms with Crippen LogP contribution in [0.15, 0.2) is 18.2 Å².